The summed E-state index contributed by atoms with van der Waals surface area (Å²) in [5.74, 6) is -2.41. The molecule has 0 aliphatic heterocycles. The van der Waals surface area contributed by atoms with Gasteiger partial charge in [0.25, 0.3) is 10.0 Å². The van der Waals surface area contributed by atoms with Crippen LogP contribution in [0.4, 0.5) is 27.6 Å². The van der Waals surface area contributed by atoms with Crippen LogP contribution in [0.3, 0.4) is 0 Å². The van der Waals surface area contributed by atoms with E-state index in [2.05, 4.69) is 0 Å². The van der Waals surface area contributed by atoms with Crippen molar-refractivity contribution in [3.63, 3.8) is 0 Å². The van der Waals surface area contributed by atoms with Gasteiger partial charge in [-0.1, -0.05) is 12.1 Å². The number of para-hydroxylation sites is 1. The van der Waals surface area contributed by atoms with Gasteiger partial charge in [0.05, 0.1) is 11.3 Å². The third-order valence-electron chi connectivity index (χ3n) is 2.66. The topological polar surface area (TPSA) is 46.2 Å². The Morgan fingerprint density at radius 1 is 0.955 bits per heavy atom. The van der Waals surface area contributed by atoms with E-state index in [1.165, 1.54) is 6.07 Å². The van der Waals surface area contributed by atoms with Crippen LogP contribution in [0.15, 0.2) is 47.4 Å². The molecule has 118 valence electrons. The van der Waals surface area contributed by atoms with Gasteiger partial charge in [-0.3, -0.25) is 4.72 Å². The Morgan fingerprint density at radius 3 is 2.18 bits per heavy atom. The average molecular weight is 337 g/mol. The lowest BCUT2D eigenvalue weighted by Gasteiger charge is -2.14. The summed E-state index contributed by atoms with van der Waals surface area (Å²) in [6, 6.07) is 5.48. The standard InChI is InChI=1S/C13H8F5NO2S/c14-8-5-6-12(10(15)7-8)22(20,21)19-11-4-2-1-3-9(11)13(16,17)18/h1-7,19H. The van der Waals surface area contributed by atoms with Gasteiger partial charge in [0.15, 0.2) is 0 Å². The summed E-state index contributed by atoms with van der Waals surface area (Å²) in [4.78, 5) is -0.953. The highest BCUT2D eigenvalue weighted by atomic mass is 32.2. The van der Waals surface area contributed by atoms with Crippen molar-refractivity contribution in [3.8, 4) is 0 Å². The number of alkyl halides is 3. The van der Waals surface area contributed by atoms with Crippen LogP contribution in [-0.2, 0) is 16.2 Å². The van der Waals surface area contributed by atoms with Gasteiger partial charge in [-0.15, -0.1) is 0 Å². The van der Waals surface area contributed by atoms with E-state index in [0.29, 0.717) is 24.3 Å². The number of nitrogens with one attached hydrogen (secondary N) is 1. The van der Waals surface area contributed by atoms with Gasteiger partial charge < -0.3 is 0 Å². The molecule has 2 aromatic rings. The lowest BCUT2D eigenvalue weighted by molar-refractivity contribution is -0.136. The van der Waals surface area contributed by atoms with Crippen molar-refractivity contribution in [2.24, 2.45) is 0 Å². The molecule has 0 atom stereocenters. The highest BCUT2D eigenvalue weighted by Crippen LogP contribution is 2.35. The average Bonchev–Trinajstić information content (AvgIpc) is 2.36. The van der Waals surface area contributed by atoms with Crippen molar-refractivity contribution in [3.05, 3.63) is 59.7 Å². The van der Waals surface area contributed by atoms with E-state index in [-0.39, 0.29) is 0 Å². The fraction of sp³-hybridized carbons (Fsp3) is 0.0769. The van der Waals surface area contributed by atoms with Crippen LogP contribution in [-0.4, -0.2) is 8.42 Å². The van der Waals surface area contributed by atoms with Gasteiger partial charge in [-0.25, -0.2) is 17.2 Å². The summed E-state index contributed by atoms with van der Waals surface area (Å²) < 4.78 is 90.3. The molecule has 0 aliphatic rings. The maximum Gasteiger partial charge on any atom is 0.418 e. The number of hydrogen-bond acceptors (Lipinski definition) is 2. The van der Waals surface area contributed by atoms with Gasteiger partial charge in [0.1, 0.15) is 16.5 Å². The van der Waals surface area contributed by atoms with Gasteiger partial charge >= 0.3 is 6.18 Å². The first-order valence-electron chi connectivity index (χ1n) is 5.75. The van der Waals surface area contributed by atoms with Crippen LogP contribution in [0.25, 0.3) is 0 Å². The summed E-state index contributed by atoms with van der Waals surface area (Å²) in [6.45, 7) is 0. The molecule has 0 unspecified atom stereocenters. The van der Waals surface area contributed by atoms with Crippen LogP contribution in [0.1, 0.15) is 5.56 Å². The lowest BCUT2D eigenvalue weighted by atomic mass is 10.2. The Kier molecular flexibility index (Phi) is 4.10. The van der Waals surface area contributed by atoms with Crippen molar-refractivity contribution >= 4 is 15.7 Å². The number of halogens is 5. The molecule has 9 heteroatoms. The molecule has 0 spiro atoms. The molecule has 0 amide bonds. The molecule has 0 heterocycles. The summed E-state index contributed by atoms with van der Waals surface area (Å²) in [6.07, 6.45) is -4.79. The normalized spacial score (nSPS) is 12.2. The largest absolute Gasteiger partial charge is 0.418 e. The zero-order valence-corrected chi connectivity index (χ0v) is 11.5. The molecule has 0 fully saturated rings. The van der Waals surface area contributed by atoms with E-state index in [1.54, 1.807) is 4.72 Å². The summed E-state index contributed by atoms with van der Waals surface area (Å²) >= 11 is 0. The Bertz CT molecular complexity index is 802. The third-order valence-corrected chi connectivity index (χ3v) is 4.06. The number of sulfonamides is 1. The molecule has 2 rings (SSSR count). The zero-order chi connectivity index (χ0) is 16.5. The second-order valence-electron chi connectivity index (χ2n) is 4.22. The van der Waals surface area contributed by atoms with Gasteiger partial charge in [0, 0.05) is 6.07 Å². The second-order valence-corrected chi connectivity index (χ2v) is 5.87. The summed E-state index contributed by atoms with van der Waals surface area (Å²) in [5.41, 5.74) is -1.97. The molecule has 22 heavy (non-hydrogen) atoms. The van der Waals surface area contributed by atoms with Crippen LogP contribution < -0.4 is 4.72 Å². The van der Waals surface area contributed by atoms with Gasteiger partial charge in [-0.2, -0.15) is 13.2 Å². The van der Waals surface area contributed by atoms with Crippen LogP contribution >= 0.6 is 0 Å². The lowest BCUT2D eigenvalue weighted by Crippen LogP contribution is -2.18. The van der Waals surface area contributed by atoms with Crippen LogP contribution in [0.2, 0.25) is 0 Å². The maximum absolute atomic E-state index is 13.5. The van der Waals surface area contributed by atoms with Crippen molar-refractivity contribution in [1.29, 1.82) is 0 Å². The summed E-state index contributed by atoms with van der Waals surface area (Å²) in [5, 5.41) is 0. The van der Waals surface area contributed by atoms with E-state index in [9.17, 15) is 30.4 Å². The number of hydrogen-bond donors (Lipinski definition) is 1. The van der Waals surface area contributed by atoms with E-state index < -0.39 is 44.0 Å². The fourth-order valence-electron chi connectivity index (χ4n) is 1.71. The minimum atomic E-state index is -4.79. The maximum atomic E-state index is 13.5. The first-order valence-corrected chi connectivity index (χ1v) is 7.24. The number of anilines is 1. The van der Waals surface area contributed by atoms with E-state index >= 15 is 0 Å². The van der Waals surface area contributed by atoms with Crippen LogP contribution in [0, 0.1) is 11.6 Å². The quantitative estimate of drug-likeness (QED) is 0.867. The highest BCUT2D eigenvalue weighted by Gasteiger charge is 2.34. The van der Waals surface area contributed by atoms with Crippen molar-refractivity contribution in [1.82, 2.24) is 0 Å². The number of benzene rings is 2. The third kappa shape index (κ3) is 3.35. The first-order chi connectivity index (χ1) is 10.1. The molecule has 1 N–H and O–H groups in total. The molecule has 2 aromatic carbocycles. The minimum Gasteiger partial charge on any atom is -0.279 e. The Balaban J connectivity index is 2.46. The fourth-order valence-corrected chi connectivity index (χ4v) is 2.85. The molecule has 0 bridgehead atoms. The van der Waals surface area contributed by atoms with E-state index in [4.69, 9.17) is 0 Å². The second kappa shape index (κ2) is 5.56. The molecule has 0 saturated carbocycles. The van der Waals surface area contributed by atoms with E-state index in [1.807, 2.05) is 0 Å². The SMILES string of the molecule is O=S(=O)(Nc1ccccc1C(F)(F)F)c1ccc(F)cc1F. The highest BCUT2D eigenvalue weighted by molar-refractivity contribution is 7.92. The van der Waals surface area contributed by atoms with Crippen molar-refractivity contribution in [2.45, 2.75) is 11.1 Å². The van der Waals surface area contributed by atoms with Gasteiger partial charge in [0.2, 0.25) is 0 Å². The Morgan fingerprint density at radius 2 is 1.59 bits per heavy atom. The molecular weight excluding hydrogens is 329 g/mol. The smallest absolute Gasteiger partial charge is 0.279 e. The Labute approximate surface area is 122 Å². The van der Waals surface area contributed by atoms with E-state index in [0.717, 1.165) is 12.1 Å². The zero-order valence-electron chi connectivity index (χ0n) is 10.7. The Hall–Kier alpha value is -2.16. The molecule has 0 aliphatic carbocycles. The van der Waals surface area contributed by atoms with Gasteiger partial charge in [-0.05, 0) is 24.3 Å². The predicted octanol–water partition coefficient (Wildman–Crippen LogP) is 3.78. The molecular formula is C13H8F5NO2S. The van der Waals surface area contributed by atoms with Crippen molar-refractivity contribution in [2.75, 3.05) is 4.72 Å². The number of rotatable bonds is 3. The van der Waals surface area contributed by atoms with Crippen molar-refractivity contribution < 1.29 is 30.4 Å². The first kappa shape index (κ1) is 16.2. The molecule has 0 radical (unpaired) electrons. The molecule has 0 aromatic heterocycles. The summed E-state index contributed by atoms with van der Waals surface area (Å²) in [7, 11) is -4.64. The predicted molar refractivity (Wildman–Crippen MR) is 68.6 cm³/mol. The molecule has 3 nitrogen and oxygen atoms in total. The minimum absolute atomic E-state index is 0.324. The monoisotopic (exact) mass is 337 g/mol. The molecule has 0 saturated heterocycles. The van der Waals surface area contributed by atoms with Crippen LogP contribution in [0.5, 0.6) is 0 Å².